The molecule has 1 atom stereocenters. The highest BCUT2D eigenvalue weighted by molar-refractivity contribution is 5.94. The van der Waals surface area contributed by atoms with Gasteiger partial charge >= 0.3 is 0 Å². The van der Waals surface area contributed by atoms with Gasteiger partial charge in [-0.25, -0.2) is 0 Å². The molecular weight excluding hydrogens is 302 g/mol. The number of amides is 1. The van der Waals surface area contributed by atoms with E-state index in [1.807, 2.05) is 11.0 Å². The van der Waals surface area contributed by atoms with Crippen molar-refractivity contribution >= 4 is 11.6 Å². The van der Waals surface area contributed by atoms with Crippen LogP contribution in [0.15, 0.2) is 48.7 Å². The number of fused-ring (bicyclic) bond motifs is 1. The van der Waals surface area contributed by atoms with Gasteiger partial charge in [0.05, 0.1) is 5.56 Å². The van der Waals surface area contributed by atoms with Gasteiger partial charge in [-0.3, -0.25) is 4.79 Å². The van der Waals surface area contributed by atoms with Crippen LogP contribution in [0.25, 0.3) is 5.65 Å². The summed E-state index contributed by atoms with van der Waals surface area (Å²) in [7, 11) is 0. The first-order chi connectivity index (χ1) is 11.5. The fourth-order valence-electron chi connectivity index (χ4n) is 3.58. The molecular formula is C18H19N5O. The summed E-state index contributed by atoms with van der Waals surface area (Å²) in [5, 5.41) is 11.3. The lowest BCUT2D eigenvalue weighted by Gasteiger charge is -2.25. The standard InChI is InChI=1S/C18H19N5O/c1-18(2)12-22(11-15(18)13-6-4-3-5-7-13)17(24)14-8-9-16-19-20-21-23(16)10-14/h3-10,15H,11-12H2,1-2H3. The fourth-order valence-corrected chi connectivity index (χ4v) is 3.58. The molecule has 122 valence electrons. The van der Waals surface area contributed by atoms with Crippen molar-refractivity contribution in [1.82, 2.24) is 24.9 Å². The topological polar surface area (TPSA) is 63.4 Å². The quantitative estimate of drug-likeness (QED) is 0.727. The maximum absolute atomic E-state index is 12.9. The minimum absolute atomic E-state index is 0.0268. The first kappa shape index (κ1) is 14.8. The number of aromatic nitrogens is 4. The Bertz CT molecular complexity index is 887. The summed E-state index contributed by atoms with van der Waals surface area (Å²) < 4.78 is 1.53. The normalized spacial score (nSPS) is 19.8. The first-order valence-electron chi connectivity index (χ1n) is 8.06. The summed E-state index contributed by atoms with van der Waals surface area (Å²) in [4.78, 5) is 14.9. The zero-order valence-corrected chi connectivity index (χ0v) is 13.8. The van der Waals surface area contributed by atoms with Gasteiger partial charge in [-0.2, -0.15) is 4.52 Å². The summed E-state index contributed by atoms with van der Waals surface area (Å²) >= 11 is 0. The second-order valence-corrected chi connectivity index (χ2v) is 7.04. The Hall–Kier alpha value is -2.76. The minimum atomic E-state index is 0.0268. The predicted molar refractivity (Wildman–Crippen MR) is 89.6 cm³/mol. The van der Waals surface area contributed by atoms with E-state index < -0.39 is 0 Å². The van der Waals surface area contributed by atoms with Gasteiger partial charge in [0.1, 0.15) is 0 Å². The molecule has 2 aromatic heterocycles. The molecule has 0 aliphatic carbocycles. The molecule has 1 saturated heterocycles. The Kier molecular flexibility index (Phi) is 3.33. The molecule has 4 rings (SSSR count). The van der Waals surface area contributed by atoms with Gasteiger partial charge in [-0.1, -0.05) is 44.2 Å². The smallest absolute Gasteiger partial charge is 0.255 e. The third-order valence-electron chi connectivity index (χ3n) is 4.87. The van der Waals surface area contributed by atoms with E-state index in [4.69, 9.17) is 0 Å². The molecule has 1 fully saturated rings. The third kappa shape index (κ3) is 2.44. The first-order valence-corrected chi connectivity index (χ1v) is 8.06. The molecule has 1 aliphatic heterocycles. The zero-order chi connectivity index (χ0) is 16.7. The van der Waals surface area contributed by atoms with Crippen LogP contribution in [0.3, 0.4) is 0 Å². The number of hydrogen-bond acceptors (Lipinski definition) is 4. The SMILES string of the molecule is CC1(C)CN(C(=O)c2ccc3nnnn3c2)CC1c1ccccc1. The van der Waals surface area contributed by atoms with Gasteiger partial charge in [-0.05, 0) is 33.5 Å². The van der Waals surface area contributed by atoms with E-state index in [0.717, 1.165) is 13.1 Å². The molecule has 6 nitrogen and oxygen atoms in total. The number of nitrogens with zero attached hydrogens (tertiary/aromatic N) is 5. The molecule has 6 heteroatoms. The Balaban J connectivity index is 1.61. The van der Waals surface area contributed by atoms with Crippen molar-refractivity contribution < 1.29 is 4.79 Å². The number of hydrogen-bond donors (Lipinski definition) is 0. The van der Waals surface area contributed by atoms with Gasteiger partial charge in [0.25, 0.3) is 5.91 Å². The van der Waals surface area contributed by atoms with Gasteiger partial charge in [0.2, 0.25) is 0 Å². The largest absolute Gasteiger partial charge is 0.337 e. The van der Waals surface area contributed by atoms with Crippen molar-refractivity contribution in [1.29, 1.82) is 0 Å². The average molecular weight is 321 g/mol. The molecule has 3 aromatic rings. The van der Waals surface area contributed by atoms with Crippen molar-refractivity contribution in [2.45, 2.75) is 19.8 Å². The molecule has 0 N–H and O–H groups in total. The van der Waals surface area contributed by atoms with Gasteiger partial charge in [0.15, 0.2) is 5.65 Å². The lowest BCUT2D eigenvalue weighted by molar-refractivity contribution is 0.0777. The predicted octanol–water partition coefficient (Wildman–Crippen LogP) is 2.39. The molecule has 1 aliphatic rings. The number of rotatable bonds is 2. The summed E-state index contributed by atoms with van der Waals surface area (Å²) in [5.74, 6) is 0.360. The second kappa shape index (κ2) is 5.40. The molecule has 0 saturated carbocycles. The van der Waals surface area contributed by atoms with Crippen LogP contribution in [0, 0.1) is 5.41 Å². The lowest BCUT2D eigenvalue weighted by atomic mass is 9.78. The number of carbonyl (C=O) groups is 1. The van der Waals surface area contributed by atoms with Gasteiger partial charge in [0, 0.05) is 25.2 Å². The van der Waals surface area contributed by atoms with E-state index in [9.17, 15) is 4.79 Å². The molecule has 0 bridgehead atoms. The lowest BCUT2D eigenvalue weighted by Crippen LogP contribution is -2.30. The van der Waals surface area contributed by atoms with E-state index >= 15 is 0 Å². The summed E-state index contributed by atoms with van der Waals surface area (Å²) in [6, 6.07) is 14.0. The molecule has 1 aromatic carbocycles. The summed E-state index contributed by atoms with van der Waals surface area (Å²) in [6.45, 7) is 5.91. The Morgan fingerprint density at radius 1 is 1.17 bits per heavy atom. The number of tetrazole rings is 1. The maximum atomic E-state index is 12.9. The van der Waals surface area contributed by atoms with Crippen LogP contribution in [-0.2, 0) is 0 Å². The van der Waals surface area contributed by atoms with E-state index in [-0.39, 0.29) is 11.3 Å². The van der Waals surface area contributed by atoms with E-state index in [2.05, 4.69) is 53.6 Å². The molecule has 1 unspecified atom stereocenters. The van der Waals surface area contributed by atoms with Crippen LogP contribution in [0.2, 0.25) is 0 Å². The van der Waals surface area contributed by atoms with Crippen LogP contribution in [0.1, 0.15) is 35.7 Å². The third-order valence-corrected chi connectivity index (χ3v) is 4.87. The number of pyridine rings is 1. The average Bonchev–Trinajstić information content (AvgIpc) is 3.17. The maximum Gasteiger partial charge on any atom is 0.255 e. The van der Waals surface area contributed by atoms with Gasteiger partial charge in [-0.15, -0.1) is 5.10 Å². The highest BCUT2D eigenvalue weighted by Crippen LogP contribution is 2.42. The Morgan fingerprint density at radius 2 is 1.96 bits per heavy atom. The molecule has 0 spiro atoms. The van der Waals surface area contributed by atoms with Crippen molar-refractivity contribution in [3.63, 3.8) is 0 Å². The Morgan fingerprint density at radius 3 is 2.75 bits per heavy atom. The number of likely N-dealkylation sites (tertiary alicyclic amines) is 1. The highest BCUT2D eigenvalue weighted by atomic mass is 16.2. The van der Waals surface area contributed by atoms with Crippen LogP contribution in [-0.4, -0.2) is 43.9 Å². The van der Waals surface area contributed by atoms with E-state index in [1.54, 1.807) is 18.3 Å². The van der Waals surface area contributed by atoms with Crippen molar-refractivity contribution in [2.75, 3.05) is 13.1 Å². The second-order valence-electron chi connectivity index (χ2n) is 7.04. The Labute approximate surface area is 140 Å². The van der Waals surface area contributed by atoms with Crippen LogP contribution in [0.5, 0.6) is 0 Å². The van der Waals surface area contributed by atoms with Crippen LogP contribution in [0.4, 0.5) is 0 Å². The zero-order valence-electron chi connectivity index (χ0n) is 13.8. The van der Waals surface area contributed by atoms with Crippen LogP contribution >= 0.6 is 0 Å². The fraction of sp³-hybridized carbons (Fsp3) is 0.333. The number of benzene rings is 1. The van der Waals surface area contributed by atoms with E-state index in [0.29, 0.717) is 17.1 Å². The van der Waals surface area contributed by atoms with E-state index in [1.165, 1.54) is 10.1 Å². The monoisotopic (exact) mass is 321 g/mol. The van der Waals surface area contributed by atoms with Crippen molar-refractivity contribution in [2.24, 2.45) is 5.41 Å². The molecule has 24 heavy (non-hydrogen) atoms. The molecule has 1 amide bonds. The number of carbonyl (C=O) groups excluding carboxylic acids is 1. The van der Waals surface area contributed by atoms with Crippen LogP contribution < -0.4 is 0 Å². The minimum Gasteiger partial charge on any atom is -0.337 e. The molecule has 3 heterocycles. The highest BCUT2D eigenvalue weighted by Gasteiger charge is 2.42. The van der Waals surface area contributed by atoms with Crippen molar-refractivity contribution in [3.8, 4) is 0 Å². The summed E-state index contributed by atoms with van der Waals surface area (Å²) in [5.41, 5.74) is 2.57. The van der Waals surface area contributed by atoms with Crippen molar-refractivity contribution in [3.05, 3.63) is 59.8 Å². The summed E-state index contributed by atoms with van der Waals surface area (Å²) in [6.07, 6.45) is 1.69. The molecule has 0 radical (unpaired) electrons. The van der Waals surface area contributed by atoms with Gasteiger partial charge < -0.3 is 4.90 Å².